The van der Waals surface area contributed by atoms with Gasteiger partial charge in [-0.25, -0.2) is 8.42 Å². The van der Waals surface area contributed by atoms with Crippen LogP contribution in [0.3, 0.4) is 0 Å². The summed E-state index contributed by atoms with van der Waals surface area (Å²) >= 11 is 3.39. The minimum atomic E-state index is -3.50. The Bertz CT molecular complexity index is 529. The average molecular weight is 370 g/mol. The molecule has 1 atom stereocenters. The van der Waals surface area contributed by atoms with Gasteiger partial charge in [0, 0.05) is 21.1 Å². The summed E-state index contributed by atoms with van der Waals surface area (Å²) in [5, 5.41) is 0. The van der Waals surface area contributed by atoms with Crippen LogP contribution in [0.2, 0.25) is 0 Å². The highest BCUT2D eigenvalue weighted by Gasteiger charge is 2.21. The largest absolute Gasteiger partial charge is 0.493 e. The van der Waals surface area contributed by atoms with Crippen molar-refractivity contribution >= 4 is 35.7 Å². The van der Waals surface area contributed by atoms with Crippen molar-refractivity contribution in [3.8, 4) is 5.75 Å². The standard InChI is InChI=1S/C13H18BrClO3S/c1-9(2)11(8-19(15,16)17)7-18-13-5-4-12(14)6-10(13)3/h4-6,9,11H,7-8H2,1-3H3. The number of aryl methyl sites for hydroxylation is 1. The van der Waals surface area contributed by atoms with Crippen LogP contribution in [-0.2, 0) is 9.05 Å². The molecule has 0 aliphatic rings. The fourth-order valence-corrected chi connectivity index (χ4v) is 3.61. The first-order valence-corrected chi connectivity index (χ1v) is 9.27. The summed E-state index contributed by atoms with van der Waals surface area (Å²) in [7, 11) is 1.81. The van der Waals surface area contributed by atoms with Gasteiger partial charge in [-0.3, -0.25) is 0 Å². The van der Waals surface area contributed by atoms with E-state index in [1.807, 2.05) is 39.0 Å². The minimum Gasteiger partial charge on any atom is -0.493 e. The molecule has 1 unspecified atom stereocenters. The fraction of sp³-hybridized carbons (Fsp3) is 0.538. The van der Waals surface area contributed by atoms with Gasteiger partial charge in [0.2, 0.25) is 9.05 Å². The first-order valence-electron chi connectivity index (χ1n) is 6.00. The normalized spacial score (nSPS) is 13.6. The molecule has 0 fully saturated rings. The van der Waals surface area contributed by atoms with Crippen LogP contribution >= 0.6 is 26.6 Å². The monoisotopic (exact) mass is 368 g/mol. The molecular weight excluding hydrogens is 352 g/mol. The Labute approximate surface area is 127 Å². The minimum absolute atomic E-state index is 0.0677. The molecule has 0 bridgehead atoms. The average Bonchev–Trinajstić information content (AvgIpc) is 2.24. The lowest BCUT2D eigenvalue weighted by molar-refractivity contribution is 0.224. The summed E-state index contributed by atoms with van der Waals surface area (Å²) in [6.07, 6.45) is 0. The van der Waals surface area contributed by atoms with Crippen molar-refractivity contribution in [3.63, 3.8) is 0 Å². The van der Waals surface area contributed by atoms with Crippen LogP contribution in [0.25, 0.3) is 0 Å². The lowest BCUT2D eigenvalue weighted by Gasteiger charge is -2.20. The first-order chi connectivity index (χ1) is 8.69. The molecule has 0 saturated heterocycles. The van der Waals surface area contributed by atoms with Crippen LogP contribution in [0.4, 0.5) is 0 Å². The SMILES string of the molecule is Cc1cc(Br)ccc1OCC(CS(=O)(=O)Cl)C(C)C. The van der Waals surface area contributed by atoms with E-state index in [1.165, 1.54) is 0 Å². The van der Waals surface area contributed by atoms with E-state index in [9.17, 15) is 8.42 Å². The zero-order valence-corrected chi connectivity index (χ0v) is 14.3. The van der Waals surface area contributed by atoms with Gasteiger partial charge in [0.25, 0.3) is 0 Å². The van der Waals surface area contributed by atoms with Crippen LogP contribution in [0.5, 0.6) is 5.75 Å². The summed E-state index contributed by atoms with van der Waals surface area (Å²) in [5.74, 6) is 0.762. The van der Waals surface area contributed by atoms with Crippen molar-refractivity contribution in [2.75, 3.05) is 12.4 Å². The van der Waals surface area contributed by atoms with Crippen LogP contribution in [-0.4, -0.2) is 20.8 Å². The van der Waals surface area contributed by atoms with Crippen LogP contribution in [0.15, 0.2) is 22.7 Å². The van der Waals surface area contributed by atoms with Gasteiger partial charge in [-0.15, -0.1) is 0 Å². The number of ether oxygens (including phenoxy) is 1. The van der Waals surface area contributed by atoms with E-state index < -0.39 is 9.05 Å². The molecule has 0 amide bonds. The molecule has 6 heteroatoms. The second-order valence-electron chi connectivity index (χ2n) is 4.93. The van der Waals surface area contributed by atoms with Gasteiger partial charge in [0.05, 0.1) is 12.4 Å². The van der Waals surface area contributed by atoms with Crippen molar-refractivity contribution in [2.45, 2.75) is 20.8 Å². The molecular formula is C13H18BrClO3S. The summed E-state index contributed by atoms with van der Waals surface area (Å²) in [6, 6.07) is 5.72. The summed E-state index contributed by atoms with van der Waals surface area (Å²) < 4.78 is 29.0. The van der Waals surface area contributed by atoms with Gasteiger partial charge in [-0.1, -0.05) is 29.8 Å². The third-order valence-electron chi connectivity index (χ3n) is 2.95. The molecule has 19 heavy (non-hydrogen) atoms. The fourth-order valence-electron chi connectivity index (χ4n) is 1.66. The van der Waals surface area contributed by atoms with E-state index >= 15 is 0 Å². The molecule has 0 radical (unpaired) electrons. The summed E-state index contributed by atoms with van der Waals surface area (Å²) in [5.41, 5.74) is 1.01. The van der Waals surface area contributed by atoms with Crippen LogP contribution in [0.1, 0.15) is 19.4 Å². The number of hydrogen-bond donors (Lipinski definition) is 0. The maximum atomic E-state index is 11.2. The lowest BCUT2D eigenvalue weighted by atomic mass is 9.99. The highest BCUT2D eigenvalue weighted by Crippen LogP contribution is 2.24. The Morgan fingerprint density at radius 1 is 1.37 bits per heavy atom. The van der Waals surface area contributed by atoms with E-state index in [0.717, 1.165) is 15.8 Å². The summed E-state index contributed by atoms with van der Waals surface area (Å²) in [6.45, 7) is 6.21. The second kappa shape index (κ2) is 6.95. The topological polar surface area (TPSA) is 43.4 Å². The predicted octanol–water partition coefficient (Wildman–Crippen LogP) is 3.98. The number of rotatable bonds is 6. The first kappa shape index (κ1) is 16.8. The van der Waals surface area contributed by atoms with Gasteiger partial charge in [-0.05, 0) is 36.6 Å². The lowest BCUT2D eigenvalue weighted by Crippen LogP contribution is -2.24. The molecule has 1 rings (SSSR count). The predicted molar refractivity (Wildman–Crippen MR) is 82.3 cm³/mol. The molecule has 0 aromatic heterocycles. The van der Waals surface area contributed by atoms with Crippen LogP contribution < -0.4 is 4.74 Å². The Morgan fingerprint density at radius 2 is 2.00 bits per heavy atom. The molecule has 3 nitrogen and oxygen atoms in total. The Kier molecular flexibility index (Phi) is 6.15. The second-order valence-corrected chi connectivity index (χ2v) is 8.67. The number of hydrogen-bond acceptors (Lipinski definition) is 3. The molecule has 0 aliphatic carbocycles. The maximum Gasteiger partial charge on any atom is 0.233 e. The third-order valence-corrected chi connectivity index (χ3v) is 4.64. The zero-order valence-electron chi connectivity index (χ0n) is 11.2. The van der Waals surface area contributed by atoms with Gasteiger partial charge in [-0.2, -0.15) is 0 Å². The molecule has 0 spiro atoms. The van der Waals surface area contributed by atoms with Crippen molar-refractivity contribution in [1.82, 2.24) is 0 Å². The van der Waals surface area contributed by atoms with Gasteiger partial charge >= 0.3 is 0 Å². The molecule has 0 heterocycles. The van der Waals surface area contributed by atoms with Gasteiger partial charge in [0.1, 0.15) is 5.75 Å². The number of halogens is 2. The number of benzene rings is 1. The highest BCUT2D eigenvalue weighted by molar-refractivity contribution is 9.10. The van der Waals surface area contributed by atoms with E-state index in [1.54, 1.807) is 0 Å². The van der Waals surface area contributed by atoms with E-state index in [0.29, 0.717) is 6.61 Å². The quantitative estimate of drug-likeness (QED) is 0.712. The third kappa shape index (κ3) is 6.15. The van der Waals surface area contributed by atoms with Crippen molar-refractivity contribution in [2.24, 2.45) is 11.8 Å². The highest BCUT2D eigenvalue weighted by atomic mass is 79.9. The Balaban J connectivity index is 2.71. The summed E-state index contributed by atoms with van der Waals surface area (Å²) in [4.78, 5) is 0. The molecule has 1 aromatic carbocycles. The van der Waals surface area contributed by atoms with Crippen LogP contribution in [0, 0.1) is 18.8 Å². The van der Waals surface area contributed by atoms with E-state index in [-0.39, 0.29) is 17.6 Å². The van der Waals surface area contributed by atoms with E-state index in [2.05, 4.69) is 15.9 Å². The maximum absolute atomic E-state index is 11.2. The molecule has 108 valence electrons. The Morgan fingerprint density at radius 3 is 2.47 bits per heavy atom. The smallest absolute Gasteiger partial charge is 0.233 e. The molecule has 0 N–H and O–H groups in total. The van der Waals surface area contributed by atoms with E-state index in [4.69, 9.17) is 15.4 Å². The van der Waals surface area contributed by atoms with Gasteiger partial charge in [0.15, 0.2) is 0 Å². The molecule has 0 aliphatic heterocycles. The van der Waals surface area contributed by atoms with Gasteiger partial charge < -0.3 is 4.74 Å². The van der Waals surface area contributed by atoms with Crippen molar-refractivity contribution in [1.29, 1.82) is 0 Å². The van der Waals surface area contributed by atoms with Crippen molar-refractivity contribution in [3.05, 3.63) is 28.2 Å². The molecule has 0 saturated carbocycles. The Hall–Kier alpha value is -0.260. The molecule has 1 aromatic rings. The zero-order chi connectivity index (χ0) is 14.6. The van der Waals surface area contributed by atoms with Crippen molar-refractivity contribution < 1.29 is 13.2 Å².